The highest BCUT2D eigenvalue weighted by Gasteiger charge is 2.28. The maximum Gasteiger partial charge on any atom is 0.250 e. The first kappa shape index (κ1) is 71.9. The maximum absolute atomic E-state index is 12.6. The number of halogens is 1. The fraction of sp³-hybridized carbons (Fsp3) is 0.244. The van der Waals surface area contributed by atoms with Gasteiger partial charge in [-0.15, -0.1) is 11.6 Å². The number of pyridine rings is 3. The number of H-pyrrole nitrogens is 3. The molecule has 20 nitrogen and oxygen atoms in total. The van der Waals surface area contributed by atoms with E-state index in [9.17, 15) is 14.4 Å². The largest absolute Gasteiger partial charge is 0.399 e. The standard InChI is InChI=1S/C29H30N6O2S2.C28H26ClN5O2S2.C21H19N3O2S2/c1-18-8-9-31-29(32-18)23(17-30-2)33-19-6-7-24-26(14-19)38-25-5-3-4-21(28(25)39-24)22-15-20(16-27(36)34-22)35-10-12-37-13-11-35;1-17-7-8-30-28(31-17)22(16-29)32-18-5-6-23-25(13-18)37-24-4-2-3-20(27(24)38-23)21-14-19(15-26(35)33-21)34-9-11-36-12-10-34;22-13-4-5-17-19(10-13)27-18-3-1-2-15(21(18)28-17)16-11-14(12-20(25)23-16)24-6-8-26-9-7-24/h3-9,14-16,23,30,33H,10-13,17H2,1-2H3,(H,34,36);2-8,13-15,22,32H,9-12,16H2,1H3,(H,33,35);1-5,10-12H,6-9,22H2,(H,23,25). The van der Waals surface area contributed by atoms with E-state index in [0.717, 1.165) is 139 Å². The van der Waals surface area contributed by atoms with Crippen molar-refractivity contribution in [3.05, 3.63) is 224 Å². The number of benzene rings is 6. The number of ether oxygens (including phenoxy) is 3. The molecule has 8 N–H and O–H groups in total. The molecule has 0 spiro atoms. The van der Waals surface area contributed by atoms with E-state index in [1.54, 1.807) is 101 Å². The third kappa shape index (κ3) is 17.0. The number of anilines is 6. The highest BCUT2D eigenvalue weighted by atomic mass is 35.5. The van der Waals surface area contributed by atoms with Crippen molar-refractivity contribution in [3.8, 4) is 33.8 Å². The highest BCUT2D eigenvalue weighted by molar-refractivity contribution is 8.06. The van der Waals surface area contributed by atoms with E-state index >= 15 is 0 Å². The van der Waals surface area contributed by atoms with E-state index < -0.39 is 0 Å². The van der Waals surface area contributed by atoms with Gasteiger partial charge in [0.25, 0.3) is 0 Å². The highest BCUT2D eigenvalue weighted by Crippen LogP contribution is 2.55. The number of nitrogens with two attached hydrogens (primary N) is 1. The molecule has 6 aromatic carbocycles. The van der Waals surface area contributed by atoms with Crippen LogP contribution in [0.1, 0.15) is 35.1 Å². The zero-order valence-electron chi connectivity index (χ0n) is 57.7. The third-order valence-corrected chi connectivity index (χ3v) is 26.2. The molecule has 11 heterocycles. The van der Waals surface area contributed by atoms with Crippen LogP contribution in [0, 0.1) is 13.8 Å². The van der Waals surface area contributed by atoms with Gasteiger partial charge in [0.2, 0.25) is 16.7 Å². The van der Waals surface area contributed by atoms with Crippen LogP contribution in [0.3, 0.4) is 0 Å². The fourth-order valence-corrected chi connectivity index (χ4v) is 20.4. The van der Waals surface area contributed by atoms with Gasteiger partial charge in [-0.3, -0.25) is 14.4 Å². The predicted molar refractivity (Wildman–Crippen MR) is 426 cm³/mol. The summed E-state index contributed by atoms with van der Waals surface area (Å²) in [6.07, 6.45) is 3.57. The molecule has 0 aliphatic carbocycles. The molecule has 2 atom stereocenters. The Labute approximate surface area is 638 Å². The molecule has 17 rings (SSSR count). The molecule has 27 heteroatoms. The average Bonchev–Trinajstić information content (AvgIpc) is 0.779. The number of fused-ring (bicyclic) bond motifs is 6. The normalized spacial score (nSPS) is 15.5. The minimum Gasteiger partial charge on any atom is -0.399 e. The van der Waals surface area contributed by atoms with Crippen molar-refractivity contribution in [1.82, 2.24) is 40.2 Å². The summed E-state index contributed by atoms with van der Waals surface area (Å²) in [6.45, 7) is 13.5. The number of nitrogens with zero attached hydrogens (tertiary/aromatic N) is 7. The topological polar surface area (TPSA) is 250 Å². The molecule has 5 aromatic heterocycles. The Balaban J connectivity index is 0.000000128. The molecule has 0 radical (unpaired) electrons. The first-order valence-corrected chi connectivity index (χ1v) is 39.9. The predicted octanol–water partition coefficient (Wildman–Crippen LogP) is 15.0. The first-order chi connectivity index (χ1) is 51.3. The van der Waals surface area contributed by atoms with Crippen LogP contribution >= 0.6 is 82.2 Å². The lowest BCUT2D eigenvalue weighted by Gasteiger charge is -2.29. The van der Waals surface area contributed by atoms with E-state index in [1.807, 2.05) is 57.3 Å². The lowest BCUT2D eigenvalue weighted by Crippen LogP contribution is -2.36. The van der Waals surface area contributed by atoms with Crippen LogP contribution in [-0.4, -0.2) is 133 Å². The van der Waals surface area contributed by atoms with Crippen LogP contribution in [0.5, 0.6) is 0 Å². The number of nitrogen functional groups attached to an aromatic ring is 1. The Bertz CT molecular complexity index is 5210. The third-order valence-electron chi connectivity index (χ3n) is 18.1. The Kier molecular flexibility index (Phi) is 22.6. The Hall–Kier alpha value is -8.64. The Morgan fingerprint density at radius 3 is 1.20 bits per heavy atom. The molecule has 0 bridgehead atoms. The van der Waals surface area contributed by atoms with Gasteiger partial charge in [-0.05, 0) is 124 Å². The number of rotatable bonds is 15. The SMILES string of the molecule is CNCC(Nc1ccc2c(c1)Sc1cccc(-c3cc(N4CCOCC4)cc(=O)[nH]3)c1S2)c1nccc(C)n1.Cc1ccnc(C(CCl)Nc2ccc3c(c2)Sc2cccc(-c4cc(N5CCOCC5)cc(=O)[nH]4)c2S3)n1.Nc1ccc2c(c1)Sc1cccc(-c3cc(N4CCOCC4)cc(=O)[nH]3)c1S2. The van der Waals surface area contributed by atoms with Crippen LogP contribution < -0.4 is 53.1 Å². The monoisotopic (exact) mass is 1530 g/mol. The van der Waals surface area contributed by atoms with Gasteiger partial charge in [-0.1, -0.05) is 107 Å². The van der Waals surface area contributed by atoms with Gasteiger partial charge in [0.15, 0.2) is 11.6 Å². The van der Waals surface area contributed by atoms with Crippen LogP contribution in [0.4, 0.5) is 34.1 Å². The summed E-state index contributed by atoms with van der Waals surface area (Å²) in [7, 11) is 1.93. The van der Waals surface area contributed by atoms with Crippen molar-refractivity contribution in [3.63, 3.8) is 0 Å². The summed E-state index contributed by atoms with van der Waals surface area (Å²) in [6, 6.07) is 52.4. The summed E-state index contributed by atoms with van der Waals surface area (Å²) >= 11 is 16.7. The fourth-order valence-electron chi connectivity index (χ4n) is 12.9. The lowest BCUT2D eigenvalue weighted by atomic mass is 10.1. The number of aromatic amines is 3. The van der Waals surface area contributed by atoms with Gasteiger partial charge in [-0.2, -0.15) is 0 Å². The second-order valence-corrected chi connectivity index (χ2v) is 32.1. The molecule has 0 amide bonds. The van der Waals surface area contributed by atoms with Crippen LogP contribution in [0.2, 0.25) is 0 Å². The van der Waals surface area contributed by atoms with E-state index in [0.29, 0.717) is 57.9 Å². The van der Waals surface area contributed by atoms with E-state index in [1.165, 1.54) is 44.1 Å². The average molecular weight is 1530 g/mol. The molecule has 0 saturated carbocycles. The number of hydrogen-bond acceptors (Lipinski definition) is 23. The smallest absolute Gasteiger partial charge is 0.250 e. The number of hydrogen-bond donors (Lipinski definition) is 7. The van der Waals surface area contributed by atoms with Crippen molar-refractivity contribution >= 4 is 116 Å². The van der Waals surface area contributed by atoms with Crippen LogP contribution in [0.25, 0.3) is 33.8 Å². The van der Waals surface area contributed by atoms with Crippen molar-refractivity contribution < 1.29 is 14.2 Å². The van der Waals surface area contributed by atoms with Crippen molar-refractivity contribution in [2.75, 3.05) is 129 Å². The van der Waals surface area contributed by atoms with E-state index in [4.69, 9.17) is 31.5 Å². The molecule has 6 aliphatic rings. The van der Waals surface area contributed by atoms with Gasteiger partial charge in [-0.25, -0.2) is 19.9 Å². The molecule has 536 valence electrons. The number of likely N-dealkylation sites (N-methyl/N-ethyl adjacent to an activating group) is 1. The summed E-state index contributed by atoms with van der Waals surface area (Å²) in [4.78, 5) is 85.6. The van der Waals surface area contributed by atoms with Crippen LogP contribution in [0.15, 0.2) is 243 Å². The minimum atomic E-state index is -0.190. The summed E-state index contributed by atoms with van der Waals surface area (Å²) in [5.74, 6) is 1.81. The Morgan fingerprint density at radius 1 is 0.448 bits per heavy atom. The van der Waals surface area contributed by atoms with Gasteiger partial charge in [0, 0.05) is 203 Å². The Morgan fingerprint density at radius 2 is 0.819 bits per heavy atom. The van der Waals surface area contributed by atoms with Crippen LogP contribution in [-0.2, 0) is 14.2 Å². The zero-order chi connectivity index (χ0) is 71.9. The van der Waals surface area contributed by atoms with Crippen molar-refractivity contribution in [2.24, 2.45) is 0 Å². The van der Waals surface area contributed by atoms with Gasteiger partial charge in [0.1, 0.15) is 0 Å². The molecular formula is C78H75ClN14O6S6. The first-order valence-electron chi connectivity index (χ1n) is 34.5. The van der Waals surface area contributed by atoms with Crippen molar-refractivity contribution in [2.45, 2.75) is 84.7 Å². The van der Waals surface area contributed by atoms with Gasteiger partial charge < -0.3 is 65.5 Å². The zero-order valence-corrected chi connectivity index (χ0v) is 63.4. The number of aryl methyl sites for hydroxylation is 2. The minimum absolute atomic E-state index is 0.0522. The second-order valence-electron chi connectivity index (χ2n) is 25.4. The number of morpholine rings is 3. The van der Waals surface area contributed by atoms with E-state index in [-0.39, 0.29) is 28.8 Å². The summed E-state index contributed by atoms with van der Waals surface area (Å²) in [5, 5.41) is 10.4. The van der Waals surface area contributed by atoms with Crippen molar-refractivity contribution in [1.29, 1.82) is 0 Å². The lowest BCUT2D eigenvalue weighted by molar-refractivity contribution is 0.122. The molecule has 6 aliphatic heterocycles. The summed E-state index contributed by atoms with van der Waals surface area (Å²) in [5.41, 5.74) is 18.7. The number of nitrogens with one attached hydrogen (secondary N) is 6. The molecule has 3 fully saturated rings. The molecule has 105 heavy (non-hydrogen) atoms. The molecule has 3 saturated heterocycles. The second kappa shape index (κ2) is 33.0. The number of alkyl halides is 1. The number of aromatic nitrogens is 7. The summed E-state index contributed by atoms with van der Waals surface area (Å²) < 4.78 is 16.4. The molecule has 11 aromatic rings. The molecular weight excluding hydrogens is 1460 g/mol. The molecule has 2 unspecified atom stereocenters. The quantitative estimate of drug-likeness (QED) is 0.0372. The maximum atomic E-state index is 12.6. The van der Waals surface area contributed by atoms with Gasteiger partial charge in [0.05, 0.1) is 68.8 Å². The van der Waals surface area contributed by atoms with E-state index in [2.05, 4.69) is 169 Å². The van der Waals surface area contributed by atoms with Gasteiger partial charge >= 0.3 is 0 Å².